The summed E-state index contributed by atoms with van der Waals surface area (Å²) in [5, 5.41) is 12.9. The van der Waals surface area contributed by atoms with Crippen LogP contribution in [0.25, 0.3) is 11.0 Å². The molecular formula is C26H40BN5O2. The number of aromatic nitrogens is 2. The molecule has 1 aromatic carbocycles. The molecule has 2 aromatic rings. The number of benzene rings is 1. The number of rotatable bonds is 5. The van der Waals surface area contributed by atoms with E-state index < -0.39 is 7.05 Å². The van der Waals surface area contributed by atoms with E-state index in [1.54, 1.807) is 6.82 Å². The average molecular weight is 465 g/mol. The number of hydrogen-bond donors (Lipinski definition) is 2. The molecule has 3 aliphatic rings. The fraction of sp³-hybridized carbons (Fsp3) is 0.692. The summed E-state index contributed by atoms with van der Waals surface area (Å²) in [6, 6.07) is 9.22. The number of piperidine rings is 1. The molecule has 5 rings (SSSR count). The fourth-order valence-corrected chi connectivity index (χ4v) is 6.45. The standard InChI is InChI=1S/C26H40BN5O2/c1-27(34)29-20-13-16-31(19-20)25-26(33)32(24-12-8-7-11-23(24)28-25)22-14-17-30(18-15-22)21-9-5-3-2-4-6-10-21/h7-8,11-12,20-22,29,34H,2-6,9-10,13-19H2,1H3/t20-/m0/s1. The molecule has 3 fully saturated rings. The van der Waals surface area contributed by atoms with Gasteiger partial charge >= 0.3 is 7.05 Å². The smallest absolute Gasteiger partial charge is 0.373 e. The molecule has 2 N–H and O–H groups in total. The van der Waals surface area contributed by atoms with Crippen LogP contribution in [0.1, 0.15) is 70.3 Å². The third kappa shape index (κ3) is 5.19. The van der Waals surface area contributed by atoms with Crippen molar-refractivity contribution in [3.8, 4) is 0 Å². The summed E-state index contributed by atoms with van der Waals surface area (Å²) in [7, 11) is -0.547. The molecule has 0 radical (unpaired) electrons. The first-order chi connectivity index (χ1) is 16.6. The second-order valence-electron chi connectivity index (χ2n) is 10.6. The van der Waals surface area contributed by atoms with Crippen molar-refractivity contribution in [3.05, 3.63) is 34.6 Å². The topological polar surface area (TPSA) is 73.6 Å². The lowest BCUT2D eigenvalue weighted by atomic mass is 9.87. The van der Waals surface area contributed by atoms with Crippen LogP contribution in [0.4, 0.5) is 5.82 Å². The van der Waals surface area contributed by atoms with Crippen molar-refractivity contribution in [3.63, 3.8) is 0 Å². The maximum atomic E-state index is 13.8. The predicted octanol–water partition coefficient (Wildman–Crippen LogP) is 3.42. The van der Waals surface area contributed by atoms with Gasteiger partial charge in [0.15, 0.2) is 5.82 Å². The number of para-hydroxylation sites is 2. The summed E-state index contributed by atoms with van der Waals surface area (Å²) in [6.45, 7) is 5.39. The van der Waals surface area contributed by atoms with Crippen LogP contribution in [0.5, 0.6) is 0 Å². The summed E-state index contributed by atoms with van der Waals surface area (Å²) in [6.07, 6.45) is 12.5. The molecule has 0 unspecified atom stereocenters. The van der Waals surface area contributed by atoms with E-state index in [1.165, 1.54) is 44.9 Å². The van der Waals surface area contributed by atoms with Crippen molar-refractivity contribution >= 4 is 23.9 Å². The molecule has 3 heterocycles. The molecule has 1 aromatic heterocycles. The van der Waals surface area contributed by atoms with E-state index in [1.807, 2.05) is 18.2 Å². The zero-order chi connectivity index (χ0) is 23.5. The van der Waals surface area contributed by atoms with Gasteiger partial charge in [-0.3, -0.25) is 4.79 Å². The minimum atomic E-state index is -0.547. The molecule has 7 nitrogen and oxygen atoms in total. The predicted molar refractivity (Wildman–Crippen MR) is 140 cm³/mol. The van der Waals surface area contributed by atoms with E-state index in [9.17, 15) is 9.82 Å². The van der Waals surface area contributed by atoms with Gasteiger partial charge in [0, 0.05) is 44.3 Å². The summed E-state index contributed by atoms with van der Waals surface area (Å²) in [5.74, 6) is 0.566. The van der Waals surface area contributed by atoms with Gasteiger partial charge in [-0.05, 0) is 51.1 Å². The first-order valence-corrected chi connectivity index (χ1v) is 13.5. The molecule has 1 saturated carbocycles. The van der Waals surface area contributed by atoms with Crippen molar-refractivity contribution in [2.24, 2.45) is 0 Å². The van der Waals surface area contributed by atoms with E-state index in [4.69, 9.17) is 4.98 Å². The Morgan fingerprint density at radius 1 is 0.941 bits per heavy atom. The maximum Gasteiger partial charge on any atom is 0.373 e. The Bertz CT molecular complexity index is 1010. The SMILES string of the molecule is CB(O)N[C@H]1CCN(c2nc3ccccc3n(C3CCN(C4CCCCCCC4)CC3)c2=O)C1. The number of anilines is 1. The Balaban J connectivity index is 1.37. The van der Waals surface area contributed by atoms with E-state index in [-0.39, 0.29) is 17.6 Å². The summed E-state index contributed by atoms with van der Waals surface area (Å²) >= 11 is 0. The number of fused-ring (bicyclic) bond motifs is 1. The van der Waals surface area contributed by atoms with E-state index in [0.29, 0.717) is 12.4 Å². The van der Waals surface area contributed by atoms with E-state index in [0.717, 1.165) is 56.0 Å². The summed E-state index contributed by atoms with van der Waals surface area (Å²) in [5.41, 5.74) is 1.89. The van der Waals surface area contributed by atoms with Crippen LogP contribution in [-0.2, 0) is 0 Å². The molecule has 1 atom stereocenters. The minimum absolute atomic E-state index is 0.0424. The van der Waals surface area contributed by atoms with Gasteiger partial charge in [0.25, 0.3) is 5.56 Å². The number of likely N-dealkylation sites (tertiary alicyclic amines) is 1. The highest BCUT2D eigenvalue weighted by Crippen LogP contribution is 2.30. The van der Waals surface area contributed by atoms with E-state index >= 15 is 0 Å². The van der Waals surface area contributed by atoms with Gasteiger partial charge in [-0.25, -0.2) is 4.98 Å². The lowest BCUT2D eigenvalue weighted by Crippen LogP contribution is -2.44. The lowest BCUT2D eigenvalue weighted by molar-refractivity contribution is 0.116. The van der Waals surface area contributed by atoms with Crippen LogP contribution in [0.2, 0.25) is 6.82 Å². The molecule has 2 saturated heterocycles. The Kier molecular flexibility index (Phi) is 7.56. The highest BCUT2D eigenvalue weighted by molar-refractivity contribution is 6.45. The zero-order valence-corrected chi connectivity index (χ0v) is 20.7. The minimum Gasteiger partial charge on any atom is -0.437 e. The van der Waals surface area contributed by atoms with Gasteiger partial charge in [0.2, 0.25) is 0 Å². The van der Waals surface area contributed by atoms with Crippen molar-refractivity contribution in [1.82, 2.24) is 19.7 Å². The van der Waals surface area contributed by atoms with Crippen molar-refractivity contribution in [2.75, 3.05) is 31.1 Å². The van der Waals surface area contributed by atoms with Gasteiger partial charge in [-0.2, -0.15) is 0 Å². The Morgan fingerprint density at radius 3 is 2.38 bits per heavy atom. The highest BCUT2D eigenvalue weighted by Gasteiger charge is 2.31. The second kappa shape index (κ2) is 10.8. The third-order valence-corrected chi connectivity index (χ3v) is 8.20. The second-order valence-corrected chi connectivity index (χ2v) is 10.6. The maximum absolute atomic E-state index is 13.8. The molecular weight excluding hydrogens is 425 g/mol. The fourth-order valence-electron chi connectivity index (χ4n) is 6.45. The monoisotopic (exact) mass is 465 g/mol. The molecule has 8 heteroatoms. The van der Waals surface area contributed by atoms with Crippen LogP contribution < -0.4 is 15.7 Å². The van der Waals surface area contributed by atoms with Crippen LogP contribution >= 0.6 is 0 Å². The van der Waals surface area contributed by atoms with Crippen LogP contribution in [0, 0.1) is 0 Å². The zero-order valence-electron chi connectivity index (χ0n) is 20.7. The van der Waals surface area contributed by atoms with Crippen LogP contribution in [0.15, 0.2) is 29.1 Å². The number of nitrogens with zero attached hydrogens (tertiary/aromatic N) is 4. The third-order valence-electron chi connectivity index (χ3n) is 8.20. The molecule has 1 aliphatic carbocycles. The van der Waals surface area contributed by atoms with Crippen molar-refractivity contribution in [1.29, 1.82) is 0 Å². The normalized spacial score (nSPS) is 23.8. The quantitative estimate of drug-likeness (QED) is 0.660. The van der Waals surface area contributed by atoms with E-state index in [2.05, 4.69) is 25.7 Å². The van der Waals surface area contributed by atoms with Gasteiger partial charge in [0.1, 0.15) is 0 Å². The highest BCUT2D eigenvalue weighted by atomic mass is 16.2. The Hall–Kier alpha value is -1.90. The molecule has 0 spiro atoms. The summed E-state index contributed by atoms with van der Waals surface area (Å²) in [4.78, 5) is 23.5. The van der Waals surface area contributed by atoms with Gasteiger partial charge < -0.3 is 24.6 Å². The Morgan fingerprint density at radius 2 is 1.65 bits per heavy atom. The average Bonchev–Trinajstić information content (AvgIpc) is 3.26. The lowest BCUT2D eigenvalue weighted by Gasteiger charge is -2.39. The van der Waals surface area contributed by atoms with Gasteiger partial charge in [-0.15, -0.1) is 0 Å². The van der Waals surface area contributed by atoms with Gasteiger partial charge in [-0.1, -0.05) is 44.2 Å². The van der Waals surface area contributed by atoms with Crippen molar-refractivity contribution < 1.29 is 5.02 Å². The summed E-state index contributed by atoms with van der Waals surface area (Å²) < 4.78 is 2.06. The molecule has 0 amide bonds. The molecule has 2 aliphatic heterocycles. The Labute approximate surface area is 203 Å². The van der Waals surface area contributed by atoms with Gasteiger partial charge in [0.05, 0.1) is 11.0 Å². The first-order valence-electron chi connectivity index (χ1n) is 13.5. The molecule has 0 bridgehead atoms. The molecule has 34 heavy (non-hydrogen) atoms. The number of nitrogens with one attached hydrogen (secondary N) is 1. The first kappa shape index (κ1) is 23.8. The molecule has 184 valence electrons. The van der Waals surface area contributed by atoms with Crippen LogP contribution in [0.3, 0.4) is 0 Å². The van der Waals surface area contributed by atoms with Crippen LogP contribution in [-0.4, -0.2) is 64.8 Å². The van der Waals surface area contributed by atoms with Crippen molar-refractivity contribution in [2.45, 2.75) is 89.2 Å². The largest absolute Gasteiger partial charge is 0.437 e. The number of hydrogen-bond acceptors (Lipinski definition) is 6.